The second-order valence-corrected chi connectivity index (χ2v) is 3.58. The van der Waals surface area contributed by atoms with Crippen molar-refractivity contribution in [2.45, 2.75) is 13.3 Å². The molecule has 0 spiro atoms. The number of nitro benzene ring substituents is 1. The van der Waals surface area contributed by atoms with Crippen LogP contribution in [0, 0.1) is 10.1 Å². The number of nitro groups is 1. The normalized spacial score (nSPS) is 10.5. The maximum Gasteiger partial charge on any atom is 0.338 e. The van der Waals surface area contributed by atoms with Gasteiger partial charge < -0.3 is 10.4 Å². The fraction of sp³-hybridized carbons (Fsp3) is 0.250. The third-order valence-electron chi connectivity index (χ3n) is 2.31. The van der Waals surface area contributed by atoms with Crippen LogP contribution in [0.5, 0.6) is 0 Å². The first-order chi connectivity index (χ1) is 8.56. The van der Waals surface area contributed by atoms with Crippen molar-refractivity contribution in [1.29, 1.82) is 0 Å². The van der Waals surface area contributed by atoms with Crippen molar-refractivity contribution >= 4 is 17.3 Å². The van der Waals surface area contributed by atoms with Crippen molar-refractivity contribution in [2.24, 2.45) is 0 Å². The van der Waals surface area contributed by atoms with Crippen molar-refractivity contribution in [1.82, 2.24) is 0 Å². The van der Waals surface area contributed by atoms with Crippen LogP contribution in [0.2, 0.25) is 0 Å². The Bertz CT molecular complexity index is 483. The molecule has 2 N–H and O–H groups in total. The quantitative estimate of drug-likeness (QED) is 0.350. The maximum atomic E-state index is 11.0. The summed E-state index contributed by atoms with van der Waals surface area (Å²) in [5.41, 5.74) is 0.0636. The van der Waals surface area contributed by atoms with Gasteiger partial charge in [0.25, 0.3) is 5.69 Å². The van der Waals surface area contributed by atoms with E-state index in [4.69, 9.17) is 5.11 Å². The predicted molar refractivity (Wildman–Crippen MR) is 68.0 cm³/mol. The van der Waals surface area contributed by atoms with Crippen molar-refractivity contribution in [3.8, 4) is 0 Å². The van der Waals surface area contributed by atoms with E-state index in [0.29, 0.717) is 12.2 Å². The molecule has 1 aromatic carbocycles. The van der Waals surface area contributed by atoms with Crippen LogP contribution in [-0.2, 0) is 0 Å². The van der Waals surface area contributed by atoms with Gasteiger partial charge in [-0.05, 0) is 19.4 Å². The van der Waals surface area contributed by atoms with E-state index in [1.54, 1.807) is 0 Å². The van der Waals surface area contributed by atoms with Crippen LogP contribution in [0.15, 0.2) is 30.4 Å². The minimum Gasteiger partial charge on any atom is -0.478 e. The summed E-state index contributed by atoms with van der Waals surface area (Å²) in [6.45, 7) is 2.47. The van der Waals surface area contributed by atoms with Crippen LogP contribution in [0.25, 0.3) is 0 Å². The Balaban J connectivity index is 2.90. The van der Waals surface area contributed by atoms with Crippen LogP contribution in [0.3, 0.4) is 0 Å². The number of non-ortho nitro benzene ring substituents is 1. The Morgan fingerprint density at radius 2 is 2.28 bits per heavy atom. The van der Waals surface area contributed by atoms with Gasteiger partial charge in [0.2, 0.25) is 0 Å². The molecule has 0 saturated heterocycles. The summed E-state index contributed by atoms with van der Waals surface area (Å²) in [6.07, 6.45) is 4.60. The van der Waals surface area contributed by atoms with Crippen LogP contribution in [0.1, 0.15) is 23.7 Å². The highest BCUT2D eigenvalue weighted by Crippen LogP contribution is 2.22. The molecule has 0 saturated carbocycles. The first-order valence-electron chi connectivity index (χ1n) is 5.43. The molecule has 0 aliphatic rings. The molecule has 0 unspecified atom stereocenters. The number of hydrogen-bond acceptors (Lipinski definition) is 4. The van der Waals surface area contributed by atoms with Crippen molar-refractivity contribution in [3.05, 3.63) is 46.0 Å². The molecule has 6 nitrogen and oxygen atoms in total. The summed E-state index contributed by atoms with van der Waals surface area (Å²) >= 11 is 0. The van der Waals surface area contributed by atoms with Gasteiger partial charge in [0.1, 0.15) is 0 Å². The largest absolute Gasteiger partial charge is 0.478 e. The first-order valence-corrected chi connectivity index (χ1v) is 5.43. The number of rotatable bonds is 6. The molecule has 0 aromatic heterocycles. The van der Waals surface area contributed by atoms with Gasteiger partial charge in [-0.15, -0.1) is 0 Å². The number of aromatic carboxylic acids is 1. The van der Waals surface area contributed by atoms with E-state index in [-0.39, 0.29) is 11.3 Å². The van der Waals surface area contributed by atoms with Gasteiger partial charge in [-0.1, -0.05) is 12.2 Å². The molecule has 0 radical (unpaired) electrons. The second-order valence-electron chi connectivity index (χ2n) is 3.58. The summed E-state index contributed by atoms with van der Waals surface area (Å²) in [7, 11) is 0. The molecule has 18 heavy (non-hydrogen) atoms. The Kier molecular flexibility index (Phi) is 4.86. The molecule has 0 aliphatic heterocycles. The lowest BCUT2D eigenvalue weighted by Crippen LogP contribution is -2.07. The summed E-state index contributed by atoms with van der Waals surface area (Å²) < 4.78 is 0. The number of carboxylic acid groups (broad SMARTS) is 1. The number of allylic oxidation sites excluding steroid dienone is 1. The van der Waals surface area contributed by atoms with Crippen molar-refractivity contribution in [2.75, 3.05) is 11.9 Å². The average molecular weight is 250 g/mol. The summed E-state index contributed by atoms with van der Waals surface area (Å²) in [4.78, 5) is 21.0. The van der Waals surface area contributed by atoms with E-state index in [1.165, 1.54) is 12.1 Å². The van der Waals surface area contributed by atoms with Gasteiger partial charge >= 0.3 is 5.97 Å². The number of carbonyl (C=O) groups is 1. The van der Waals surface area contributed by atoms with Crippen LogP contribution < -0.4 is 5.32 Å². The van der Waals surface area contributed by atoms with Crippen LogP contribution in [-0.4, -0.2) is 22.5 Å². The van der Waals surface area contributed by atoms with Gasteiger partial charge in [-0.25, -0.2) is 4.79 Å². The molecule has 1 aromatic rings. The first kappa shape index (κ1) is 13.7. The SMILES string of the molecule is C/C=C/CCNc1ccc([N+](=O)[O-])cc1C(=O)O. The number of hydrogen-bond donors (Lipinski definition) is 2. The third kappa shape index (κ3) is 3.58. The molecule has 6 heteroatoms. The lowest BCUT2D eigenvalue weighted by molar-refractivity contribution is -0.384. The number of carboxylic acids is 1. The van der Waals surface area contributed by atoms with E-state index in [9.17, 15) is 14.9 Å². The zero-order valence-corrected chi connectivity index (χ0v) is 9.92. The maximum absolute atomic E-state index is 11.0. The summed E-state index contributed by atoms with van der Waals surface area (Å²) in [6, 6.07) is 3.75. The second kappa shape index (κ2) is 6.39. The molecule has 0 aliphatic carbocycles. The summed E-state index contributed by atoms with van der Waals surface area (Å²) in [5, 5.41) is 22.5. The molecular formula is C12H14N2O4. The molecule has 0 amide bonds. The Hall–Kier alpha value is -2.37. The van der Waals surface area contributed by atoms with E-state index in [0.717, 1.165) is 12.5 Å². The predicted octanol–water partition coefficient (Wildman–Crippen LogP) is 2.67. The fourth-order valence-corrected chi connectivity index (χ4v) is 1.43. The molecule has 0 fully saturated rings. The standard InChI is InChI=1S/C12H14N2O4/c1-2-3-4-7-13-11-6-5-9(14(17)18)8-10(11)12(15)16/h2-3,5-6,8,13H,4,7H2,1H3,(H,15,16)/b3-2+. The topological polar surface area (TPSA) is 92.5 Å². The monoisotopic (exact) mass is 250 g/mol. The van der Waals surface area contributed by atoms with E-state index in [1.807, 2.05) is 19.1 Å². The molecule has 0 atom stereocenters. The fourth-order valence-electron chi connectivity index (χ4n) is 1.43. The molecule has 1 rings (SSSR count). The average Bonchev–Trinajstić information content (AvgIpc) is 2.34. The third-order valence-corrected chi connectivity index (χ3v) is 2.31. The number of nitrogens with one attached hydrogen (secondary N) is 1. The van der Waals surface area contributed by atoms with E-state index < -0.39 is 10.9 Å². The highest BCUT2D eigenvalue weighted by atomic mass is 16.6. The van der Waals surface area contributed by atoms with Gasteiger partial charge in [-0.2, -0.15) is 0 Å². The van der Waals surface area contributed by atoms with E-state index >= 15 is 0 Å². The Morgan fingerprint density at radius 3 is 2.83 bits per heavy atom. The Morgan fingerprint density at radius 1 is 1.56 bits per heavy atom. The Labute approximate surface area is 104 Å². The molecule has 0 heterocycles. The van der Waals surface area contributed by atoms with Gasteiger partial charge in [0.05, 0.1) is 10.5 Å². The van der Waals surface area contributed by atoms with Crippen LogP contribution >= 0.6 is 0 Å². The lowest BCUT2D eigenvalue weighted by Gasteiger charge is -2.08. The minimum atomic E-state index is -1.19. The lowest BCUT2D eigenvalue weighted by atomic mass is 10.1. The van der Waals surface area contributed by atoms with Crippen LogP contribution in [0.4, 0.5) is 11.4 Å². The zero-order valence-electron chi connectivity index (χ0n) is 9.92. The van der Waals surface area contributed by atoms with Gasteiger partial charge in [-0.3, -0.25) is 10.1 Å². The number of nitrogens with zero attached hydrogens (tertiary/aromatic N) is 1. The van der Waals surface area contributed by atoms with E-state index in [2.05, 4.69) is 5.32 Å². The molecule has 96 valence electrons. The van der Waals surface area contributed by atoms with Gasteiger partial charge in [0, 0.05) is 24.4 Å². The highest BCUT2D eigenvalue weighted by Gasteiger charge is 2.15. The summed E-state index contributed by atoms with van der Waals surface area (Å²) in [5.74, 6) is -1.19. The number of benzene rings is 1. The van der Waals surface area contributed by atoms with Crippen molar-refractivity contribution in [3.63, 3.8) is 0 Å². The molecule has 0 bridgehead atoms. The number of anilines is 1. The smallest absolute Gasteiger partial charge is 0.338 e. The zero-order chi connectivity index (χ0) is 13.5. The highest BCUT2D eigenvalue weighted by molar-refractivity contribution is 5.95. The van der Waals surface area contributed by atoms with Gasteiger partial charge in [0.15, 0.2) is 0 Å². The molecular weight excluding hydrogens is 236 g/mol. The van der Waals surface area contributed by atoms with Crippen molar-refractivity contribution < 1.29 is 14.8 Å². The minimum absolute atomic E-state index is 0.0929.